The van der Waals surface area contributed by atoms with Gasteiger partial charge in [0.15, 0.2) is 5.12 Å². The summed E-state index contributed by atoms with van der Waals surface area (Å²) in [6, 6.07) is 19.2. The van der Waals surface area contributed by atoms with Crippen molar-refractivity contribution < 1.29 is 13.2 Å². The van der Waals surface area contributed by atoms with Gasteiger partial charge in [-0.2, -0.15) is 0 Å². The van der Waals surface area contributed by atoms with Gasteiger partial charge in [0.1, 0.15) is 0 Å². The predicted molar refractivity (Wildman–Crippen MR) is 127 cm³/mol. The van der Waals surface area contributed by atoms with E-state index in [0.29, 0.717) is 18.0 Å². The molecule has 0 unspecified atom stereocenters. The maximum Gasteiger partial charge on any atom is 0.261 e. The van der Waals surface area contributed by atoms with Gasteiger partial charge in [-0.15, -0.1) is 0 Å². The van der Waals surface area contributed by atoms with E-state index in [4.69, 9.17) is 0 Å². The van der Waals surface area contributed by atoms with E-state index < -0.39 is 10.0 Å². The fourth-order valence-electron chi connectivity index (χ4n) is 2.71. The summed E-state index contributed by atoms with van der Waals surface area (Å²) in [6.07, 6.45) is 1.73. The maximum atomic E-state index is 12.7. The standard InChI is InChI=1S/C23H23N3O3S2/c1-17(16-30-18(2)27)19-6-8-21(9-7-19)26-31(28,29)23-12-10-20(11-13-23)25-15-22-5-3-4-14-24-22/h3-14,25-26H,1,15-16H2,2H3. The van der Waals surface area contributed by atoms with Crippen LogP contribution in [0.15, 0.2) is 84.4 Å². The monoisotopic (exact) mass is 453 g/mol. The van der Waals surface area contributed by atoms with Gasteiger partial charge in [0, 0.05) is 30.2 Å². The number of hydrogen-bond donors (Lipinski definition) is 2. The first-order valence-electron chi connectivity index (χ1n) is 9.52. The highest BCUT2D eigenvalue weighted by Gasteiger charge is 2.14. The molecular formula is C23H23N3O3S2. The van der Waals surface area contributed by atoms with Crippen molar-refractivity contribution in [3.63, 3.8) is 0 Å². The summed E-state index contributed by atoms with van der Waals surface area (Å²) < 4.78 is 28.0. The fraction of sp³-hybridized carbons (Fsp3) is 0.130. The van der Waals surface area contributed by atoms with Gasteiger partial charge >= 0.3 is 0 Å². The van der Waals surface area contributed by atoms with Gasteiger partial charge in [0.25, 0.3) is 10.0 Å². The summed E-state index contributed by atoms with van der Waals surface area (Å²) in [5.41, 5.74) is 3.82. The molecule has 2 aromatic carbocycles. The molecule has 0 aliphatic rings. The topological polar surface area (TPSA) is 88.2 Å². The SMILES string of the molecule is C=C(CSC(C)=O)c1ccc(NS(=O)(=O)c2ccc(NCc3ccccn3)cc2)cc1. The van der Waals surface area contributed by atoms with E-state index in [1.54, 1.807) is 54.7 Å². The van der Waals surface area contributed by atoms with E-state index in [2.05, 4.69) is 21.6 Å². The number of carbonyl (C=O) groups excluding carboxylic acids is 1. The van der Waals surface area contributed by atoms with Crippen LogP contribution in [0.3, 0.4) is 0 Å². The molecule has 3 aromatic rings. The first-order chi connectivity index (χ1) is 14.8. The van der Waals surface area contributed by atoms with Crippen molar-refractivity contribution in [2.75, 3.05) is 15.8 Å². The van der Waals surface area contributed by atoms with Gasteiger partial charge in [0.05, 0.1) is 17.1 Å². The lowest BCUT2D eigenvalue weighted by molar-refractivity contribution is -0.109. The van der Waals surface area contributed by atoms with Crippen LogP contribution in [0.5, 0.6) is 0 Å². The average Bonchev–Trinajstić information content (AvgIpc) is 2.77. The van der Waals surface area contributed by atoms with Gasteiger partial charge in [-0.05, 0) is 59.7 Å². The Kier molecular flexibility index (Phi) is 7.49. The van der Waals surface area contributed by atoms with E-state index in [0.717, 1.165) is 22.5 Å². The Balaban J connectivity index is 1.61. The number of sulfonamides is 1. The van der Waals surface area contributed by atoms with Crippen LogP contribution in [0.1, 0.15) is 18.2 Å². The second-order valence-corrected chi connectivity index (χ2v) is 9.60. The summed E-state index contributed by atoms with van der Waals surface area (Å²) in [4.78, 5) is 15.5. The van der Waals surface area contributed by atoms with E-state index in [-0.39, 0.29) is 10.0 Å². The van der Waals surface area contributed by atoms with E-state index in [9.17, 15) is 13.2 Å². The van der Waals surface area contributed by atoms with Crippen molar-refractivity contribution in [3.8, 4) is 0 Å². The van der Waals surface area contributed by atoms with Crippen LogP contribution < -0.4 is 10.0 Å². The van der Waals surface area contributed by atoms with E-state index in [1.165, 1.54) is 18.7 Å². The number of aromatic nitrogens is 1. The third kappa shape index (κ3) is 6.70. The van der Waals surface area contributed by atoms with E-state index in [1.807, 2.05) is 18.2 Å². The average molecular weight is 454 g/mol. The molecule has 1 aromatic heterocycles. The molecule has 0 atom stereocenters. The van der Waals surface area contributed by atoms with Crippen LogP contribution >= 0.6 is 11.8 Å². The number of rotatable bonds is 9. The van der Waals surface area contributed by atoms with Gasteiger partial charge < -0.3 is 5.32 Å². The Hall–Kier alpha value is -3.10. The second-order valence-electron chi connectivity index (χ2n) is 6.77. The minimum atomic E-state index is -3.71. The molecular weight excluding hydrogens is 430 g/mol. The minimum absolute atomic E-state index is 0.0310. The van der Waals surface area contributed by atoms with Crippen molar-refractivity contribution >= 4 is 43.8 Å². The van der Waals surface area contributed by atoms with Crippen molar-refractivity contribution in [1.29, 1.82) is 0 Å². The Labute approximate surface area is 186 Å². The molecule has 0 bridgehead atoms. The lowest BCUT2D eigenvalue weighted by atomic mass is 10.1. The number of carbonyl (C=O) groups is 1. The molecule has 0 fully saturated rings. The predicted octanol–water partition coefficient (Wildman–Crippen LogP) is 4.79. The van der Waals surface area contributed by atoms with Gasteiger partial charge in [-0.1, -0.05) is 36.5 Å². The Morgan fingerprint density at radius 3 is 2.29 bits per heavy atom. The number of hydrogen-bond acceptors (Lipinski definition) is 6. The summed E-state index contributed by atoms with van der Waals surface area (Å²) in [7, 11) is -3.71. The summed E-state index contributed by atoms with van der Waals surface area (Å²) in [6.45, 7) is 6.03. The van der Waals surface area contributed by atoms with Crippen LogP contribution in [0.25, 0.3) is 5.57 Å². The number of thioether (sulfide) groups is 1. The van der Waals surface area contributed by atoms with E-state index >= 15 is 0 Å². The first-order valence-corrected chi connectivity index (χ1v) is 12.0. The second kappa shape index (κ2) is 10.3. The molecule has 31 heavy (non-hydrogen) atoms. The molecule has 160 valence electrons. The van der Waals surface area contributed by atoms with Gasteiger partial charge in [-0.3, -0.25) is 14.5 Å². The first kappa shape index (κ1) is 22.6. The molecule has 0 amide bonds. The molecule has 1 heterocycles. The lowest BCUT2D eigenvalue weighted by Crippen LogP contribution is -2.13. The lowest BCUT2D eigenvalue weighted by Gasteiger charge is -2.11. The zero-order valence-electron chi connectivity index (χ0n) is 17.0. The van der Waals surface area contributed by atoms with Gasteiger partial charge in [-0.25, -0.2) is 8.42 Å². The largest absolute Gasteiger partial charge is 0.379 e. The summed E-state index contributed by atoms with van der Waals surface area (Å²) in [5.74, 6) is 0.501. The molecule has 0 aliphatic carbocycles. The van der Waals surface area contributed by atoms with Crippen molar-refractivity contribution in [1.82, 2.24) is 4.98 Å². The molecule has 0 saturated carbocycles. The number of anilines is 2. The van der Waals surface area contributed by atoms with Crippen molar-refractivity contribution in [2.24, 2.45) is 0 Å². The highest BCUT2D eigenvalue weighted by atomic mass is 32.2. The molecule has 3 rings (SSSR count). The Morgan fingerprint density at radius 2 is 1.68 bits per heavy atom. The van der Waals surface area contributed by atoms with Crippen molar-refractivity contribution in [2.45, 2.75) is 18.4 Å². The Morgan fingerprint density at radius 1 is 1.00 bits per heavy atom. The molecule has 0 aliphatic heterocycles. The van der Waals surface area contributed by atoms with Crippen LogP contribution in [0, 0.1) is 0 Å². The van der Waals surface area contributed by atoms with Crippen LogP contribution in [-0.2, 0) is 21.4 Å². The smallest absolute Gasteiger partial charge is 0.261 e. The third-order valence-corrected chi connectivity index (χ3v) is 6.66. The zero-order chi connectivity index (χ0) is 22.3. The quantitative estimate of drug-likeness (QED) is 0.484. The van der Waals surface area contributed by atoms with Crippen LogP contribution in [0.2, 0.25) is 0 Å². The third-order valence-electron chi connectivity index (χ3n) is 4.36. The molecule has 8 heteroatoms. The molecule has 0 radical (unpaired) electrons. The summed E-state index contributed by atoms with van der Waals surface area (Å²) in [5, 5.41) is 3.25. The highest BCUT2D eigenvalue weighted by Crippen LogP contribution is 2.22. The molecule has 2 N–H and O–H groups in total. The number of benzene rings is 2. The number of nitrogens with zero attached hydrogens (tertiary/aromatic N) is 1. The molecule has 6 nitrogen and oxygen atoms in total. The van der Waals surface area contributed by atoms with Crippen LogP contribution in [-0.4, -0.2) is 24.3 Å². The maximum absolute atomic E-state index is 12.7. The van der Waals surface area contributed by atoms with Gasteiger partial charge in [0.2, 0.25) is 0 Å². The van der Waals surface area contributed by atoms with Crippen LogP contribution in [0.4, 0.5) is 11.4 Å². The zero-order valence-corrected chi connectivity index (χ0v) is 18.7. The van der Waals surface area contributed by atoms with Crippen molar-refractivity contribution in [3.05, 3.63) is 90.8 Å². The normalized spacial score (nSPS) is 11.0. The number of nitrogens with one attached hydrogen (secondary N) is 2. The minimum Gasteiger partial charge on any atom is -0.379 e. The molecule has 0 saturated heterocycles. The summed E-state index contributed by atoms with van der Waals surface area (Å²) >= 11 is 1.19. The highest BCUT2D eigenvalue weighted by molar-refractivity contribution is 8.13. The fourth-order valence-corrected chi connectivity index (χ4v) is 4.31. The number of pyridine rings is 1. The Bertz CT molecular complexity index is 1140. The molecule has 0 spiro atoms.